The average molecular weight is 410 g/mol. The summed E-state index contributed by atoms with van der Waals surface area (Å²) in [6, 6.07) is 4.33. The third-order valence-corrected chi connectivity index (χ3v) is 5.50. The summed E-state index contributed by atoms with van der Waals surface area (Å²) >= 11 is 0. The second-order valence-electron chi connectivity index (χ2n) is 7.54. The molecule has 2 saturated heterocycles. The van der Waals surface area contributed by atoms with Crippen molar-refractivity contribution in [1.82, 2.24) is 29.8 Å². The molecule has 2 amide bonds. The summed E-state index contributed by atoms with van der Waals surface area (Å²) in [5.41, 5.74) is 1.25. The molecule has 1 aromatic carbocycles. The Morgan fingerprint density at radius 1 is 1.13 bits per heavy atom. The maximum absolute atomic E-state index is 14.6. The number of likely N-dealkylation sites (tertiary alicyclic amines) is 1. The first kappa shape index (κ1) is 18.7. The molecule has 2 aliphatic rings. The maximum atomic E-state index is 14.6. The van der Waals surface area contributed by atoms with Crippen LogP contribution in [0, 0.1) is 5.82 Å². The first-order valence-corrected chi connectivity index (χ1v) is 10.2. The Morgan fingerprint density at radius 2 is 1.93 bits per heavy atom. The number of benzene rings is 1. The molecule has 0 spiro atoms. The monoisotopic (exact) mass is 410 g/mol. The number of halogens is 1. The number of nitrogens with zero attached hydrogens (tertiary/aromatic N) is 6. The minimum absolute atomic E-state index is 0.163. The Hall–Kier alpha value is -3.27. The third kappa shape index (κ3) is 3.65. The molecule has 9 nitrogen and oxygen atoms in total. The lowest BCUT2D eigenvalue weighted by Gasteiger charge is -2.27. The molecule has 10 heteroatoms. The molecule has 2 aliphatic heterocycles. The SMILES string of the molecule is O=C(Nc1ccc(F)c(-c2cn3nc(N4CCNCC4)cnc3n2)c1)N1CCCC1. The van der Waals surface area contributed by atoms with Crippen molar-refractivity contribution in [2.45, 2.75) is 12.8 Å². The number of carbonyl (C=O) groups is 1. The van der Waals surface area contributed by atoms with Gasteiger partial charge in [0, 0.05) is 50.5 Å². The fourth-order valence-corrected chi connectivity index (χ4v) is 3.87. The smallest absolute Gasteiger partial charge is 0.321 e. The number of aromatic nitrogens is 4. The van der Waals surface area contributed by atoms with E-state index in [2.05, 4.69) is 30.6 Å². The standard InChI is InChI=1S/C20H23FN8O/c21-16-4-3-14(24-20(30)28-7-1-2-8-28)11-15(16)17-13-29-19(25-17)23-12-18(26-29)27-9-5-22-6-10-27/h3-4,11-13,22H,1-2,5-10H2,(H,24,30). The lowest BCUT2D eigenvalue weighted by Crippen LogP contribution is -2.44. The van der Waals surface area contributed by atoms with Gasteiger partial charge < -0.3 is 20.4 Å². The van der Waals surface area contributed by atoms with Crippen molar-refractivity contribution in [3.8, 4) is 11.3 Å². The van der Waals surface area contributed by atoms with E-state index in [1.165, 1.54) is 6.07 Å². The van der Waals surface area contributed by atoms with E-state index in [0.29, 0.717) is 22.7 Å². The van der Waals surface area contributed by atoms with Crippen molar-refractivity contribution < 1.29 is 9.18 Å². The molecule has 5 rings (SSSR count). The number of urea groups is 1. The van der Waals surface area contributed by atoms with Gasteiger partial charge >= 0.3 is 6.03 Å². The molecule has 3 aromatic rings. The van der Waals surface area contributed by atoms with Crippen LogP contribution in [0.15, 0.2) is 30.6 Å². The van der Waals surface area contributed by atoms with Gasteiger partial charge in [-0.25, -0.2) is 23.7 Å². The molecular formula is C20H23FN8O. The molecular weight excluding hydrogens is 387 g/mol. The molecule has 0 saturated carbocycles. The van der Waals surface area contributed by atoms with E-state index in [1.807, 2.05) is 0 Å². The van der Waals surface area contributed by atoms with Crippen LogP contribution < -0.4 is 15.5 Å². The fraction of sp³-hybridized carbons (Fsp3) is 0.400. The number of hydrogen-bond acceptors (Lipinski definition) is 6. The van der Waals surface area contributed by atoms with Crippen molar-refractivity contribution in [3.05, 3.63) is 36.4 Å². The largest absolute Gasteiger partial charge is 0.351 e. The van der Waals surface area contributed by atoms with Gasteiger partial charge in [-0.1, -0.05) is 0 Å². The van der Waals surface area contributed by atoms with Gasteiger partial charge in [-0.15, -0.1) is 5.10 Å². The number of imidazole rings is 1. The fourth-order valence-electron chi connectivity index (χ4n) is 3.87. The number of nitrogens with one attached hydrogen (secondary N) is 2. The van der Waals surface area contributed by atoms with Crippen LogP contribution in [0.3, 0.4) is 0 Å². The zero-order chi connectivity index (χ0) is 20.5. The van der Waals surface area contributed by atoms with E-state index < -0.39 is 5.82 Å². The summed E-state index contributed by atoms with van der Waals surface area (Å²) in [7, 11) is 0. The predicted octanol–water partition coefficient (Wildman–Crippen LogP) is 1.97. The number of carbonyl (C=O) groups excluding carboxylic acids is 1. The second kappa shape index (κ2) is 7.86. The van der Waals surface area contributed by atoms with Crippen molar-refractivity contribution in [2.24, 2.45) is 0 Å². The summed E-state index contributed by atoms with van der Waals surface area (Å²) in [4.78, 5) is 25.1. The maximum Gasteiger partial charge on any atom is 0.321 e. The van der Waals surface area contributed by atoms with E-state index >= 15 is 0 Å². The summed E-state index contributed by atoms with van der Waals surface area (Å²) in [6.45, 7) is 5.01. The highest BCUT2D eigenvalue weighted by Gasteiger charge is 2.19. The molecule has 0 aliphatic carbocycles. The quantitative estimate of drug-likeness (QED) is 0.686. The van der Waals surface area contributed by atoms with Crippen LogP contribution in [0.2, 0.25) is 0 Å². The molecule has 4 heterocycles. The number of amides is 2. The summed E-state index contributed by atoms with van der Waals surface area (Å²) in [5, 5.41) is 10.7. The molecule has 0 unspecified atom stereocenters. The van der Waals surface area contributed by atoms with Gasteiger partial charge in [0.1, 0.15) is 5.82 Å². The van der Waals surface area contributed by atoms with Crippen LogP contribution in [0.5, 0.6) is 0 Å². The van der Waals surface area contributed by atoms with E-state index in [-0.39, 0.29) is 6.03 Å². The third-order valence-electron chi connectivity index (χ3n) is 5.50. The highest BCUT2D eigenvalue weighted by atomic mass is 19.1. The molecule has 30 heavy (non-hydrogen) atoms. The molecule has 156 valence electrons. The molecule has 2 fully saturated rings. The number of rotatable bonds is 3. The van der Waals surface area contributed by atoms with Crippen LogP contribution in [0.25, 0.3) is 17.0 Å². The van der Waals surface area contributed by atoms with Crippen molar-refractivity contribution in [3.63, 3.8) is 0 Å². The first-order valence-electron chi connectivity index (χ1n) is 10.2. The minimum atomic E-state index is -0.417. The average Bonchev–Trinajstić information content (AvgIpc) is 3.45. The van der Waals surface area contributed by atoms with Crippen molar-refractivity contribution >= 4 is 23.3 Å². The molecule has 0 atom stereocenters. The number of hydrogen-bond donors (Lipinski definition) is 2. The second-order valence-corrected chi connectivity index (χ2v) is 7.54. The van der Waals surface area contributed by atoms with Gasteiger partial charge in [0.05, 0.1) is 18.1 Å². The van der Waals surface area contributed by atoms with Gasteiger partial charge in [0.25, 0.3) is 5.78 Å². The number of piperazine rings is 1. The Balaban J connectivity index is 1.41. The van der Waals surface area contributed by atoms with Crippen molar-refractivity contribution in [1.29, 1.82) is 0 Å². The van der Waals surface area contributed by atoms with E-state index in [9.17, 15) is 9.18 Å². The minimum Gasteiger partial charge on any atom is -0.351 e. The number of anilines is 2. The lowest BCUT2D eigenvalue weighted by atomic mass is 10.1. The number of fused-ring (bicyclic) bond motifs is 1. The highest BCUT2D eigenvalue weighted by Crippen LogP contribution is 2.26. The van der Waals surface area contributed by atoms with Gasteiger partial charge in [-0.05, 0) is 31.0 Å². The van der Waals surface area contributed by atoms with Gasteiger partial charge in [-0.3, -0.25) is 0 Å². The van der Waals surface area contributed by atoms with Gasteiger partial charge in [0.2, 0.25) is 0 Å². The molecule has 0 bridgehead atoms. The normalized spacial score (nSPS) is 17.0. The molecule has 2 N–H and O–H groups in total. The highest BCUT2D eigenvalue weighted by molar-refractivity contribution is 5.90. The van der Waals surface area contributed by atoms with Crippen LogP contribution in [-0.2, 0) is 0 Å². The molecule has 2 aromatic heterocycles. The van der Waals surface area contributed by atoms with E-state index in [0.717, 1.165) is 57.9 Å². The van der Waals surface area contributed by atoms with E-state index in [1.54, 1.807) is 33.9 Å². The van der Waals surface area contributed by atoms with Crippen LogP contribution in [0.4, 0.5) is 20.7 Å². The Bertz CT molecular complexity index is 1070. The summed E-state index contributed by atoms with van der Waals surface area (Å²) in [6.07, 6.45) is 5.39. The van der Waals surface area contributed by atoms with Gasteiger partial charge in [-0.2, -0.15) is 0 Å². The Labute approximate surface area is 172 Å². The summed E-state index contributed by atoms with van der Waals surface area (Å²) in [5.74, 6) is 0.745. The van der Waals surface area contributed by atoms with Crippen LogP contribution >= 0.6 is 0 Å². The summed E-state index contributed by atoms with van der Waals surface area (Å²) < 4.78 is 16.1. The lowest BCUT2D eigenvalue weighted by molar-refractivity contribution is 0.222. The van der Waals surface area contributed by atoms with Gasteiger partial charge in [0.15, 0.2) is 5.82 Å². The van der Waals surface area contributed by atoms with Crippen LogP contribution in [0.1, 0.15) is 12.8 Å². The van der Waals surface area contributed by atoms with Crippen LogP contribution in [-0.4, -0.2) is 69.8 Å². The first-order chi connectivity index (χ1) is 14.7. The zero-order valence-electron chi connectivity index (χ0n) is 16.5. The molecule has 0 radical (unpaired) electrons. The van der Waals surface area contributed by atoms with Crippen molar-refractivity contribution in [2.75, 3.05) is 49.5 Å². The Kier molecular flexibility index (Phi) is 4.91. The topological polar surface area (TPSA) is 90.7 Å². The van der Waals surface area contributed by atoms with E-state index in [4.69, 9.17) is 0 Å². The Morgan fingerprint density at radius 3 is 2.73 bits per heavy atom. The zero-order valence-corrected chi connectivity index (χ0v) is 16.5. The predicted molar refractivity (Wildman–Crippen MR) is 111 cm³/mol.